The van der Waals surface area contributed by atoms with Crippen LogP contribution in [0.1, 0.15) is 18.5 Å². The summed E-state index contributed by atoms with van der Waals surface area (Å²) in [6.45, 7) is 1.96. The Morgan fingerprint density at radius 2 is 1.94 bits per heavy atom. The first kappa shape index (κ1) is 11.3. The second kappa shape index (κ2) is 4.78. The first-order valence-electron chi connectivity index (χ1n) is 5.25. The topological polar surface area (TPSA) is 63.8 Å². The average molecular weight is 232 g/mol. The third-order valence-corrected chi connectivity index (χ3v) is 2.41. The quantitative estimate of drug-likeness (QED) is 0.852. The van der Waals surface area contributed by atoms with E-state index in [-0.39, 0.29) is 17.8 Å². The zero-order valence-corrected chi connectivity index (χ0v) is 9.39. The second-order valence-corrected chi connectivity index (χ2v) is 3.72. The Balaban J connectivity index is 2.11. The monoisotopic (exact) mass is 232 g/mol. The number of nitrogens with zero attached hydrogens (tertiary/aromatic N) is 2. The Hall–Kier alpha value is -2.17. The molecule has 1 unspecified atom stereocenters. The van der Waals surface area contributed by atoms with Gasteiger partial charge in [-0.2, -0.15) is 4.98 Å². The summed E-state index contributed by atoms with van der Waals surface area (Å²) < 4.78 is 12.8. The first-order chi connectivity index (χ1) is 8.15. The van der Waals surface area contributed by atoms with Crippen molar-refractivity contribution in [2.75, 3.05) is 11.1 Å². The van der Waals surface area contributed by atoms with Crippen LogP contribution in [0.4, 0.5) is 16.2 Å². The van der Waals surface area contributed by atoms with E-state index in [2.05, 4.69) is 15.3 Å². The van der Waals surface area contributed by atoms with Crippen LogP contribution in [-0.4, -0.2) is 9.97 Å². The van der Waals surface area contributed by atoms with E-state index >= 15 is 0 Å². The predicted molar refractivity (Wildman–Crippen MR) is 64.9 cm³/mol. The summed E-state index contributed by atoms with van der Waals surface area (Å²) >= 11 is 0. The van der Waals surface area contributed by atoms with Crippen molar-refractivity contribution in [2.24, 2.45) is 0 Å². The smallest absolute Gasteiger partial charge is 0.221 e. The molecule has 0 saturated carbocycles. The maximum atomic E-state index is 12.8. The number of hydrogen-bond donors (Lipinski definition) is 2. The molecule has 3 N–H and O–H groups in total. The van der Waals surface area contributed by atoms with E-state index in [0.29, 0.717) is 5.82 Å². The van der Waals surface area contributed by atoms with Crippen molar-refractivity contribution in [3.63, 3.8) is 0 Å². The van der Waals surface area contributed by atoms with Gasteiger partial charge in [-0.05, 0) is 30.7 Å². The number of nitrogen functional groups attached to an aromatic ring is 1. The highest BCUT2D eigenvalue weighted by Crippen LogP contribution is 2.17. The van der Waals surface area contributed by atoms with Crippen LogP contribution in [0.2, 0.25) is 0 Å². The molecule has 0 spiro atoms. The number of nitrogens with two attached hydrogens (primary N) is 1. The minimum atomic E-state index is -0.243. The second-order valence-electron chi connectivity index (χ2n) is 3.72. The molecule has 0 aliphatic heterocycles. The van der Waals surface area contributed by atoms with Crippen molar-refractivity contribution in [1.29, 1.82) is 0 Å². The summed E-state index contributed by atoms with van der Waals surface area (Å²) in [5.74, 6) is 0.628. The molecule has 1 atom stereocenters. The van der Waals surface area contributed by atoms with Gasteiger partial charge < -0.3 is 11.1 Å². The standard InChI is InChI=1S/C12H13FN4/c1-8(9-2-4-10(13)5-3-9)16-11-6-7-15-12(14)17-11/h2-8H,1H3,(H3,14,15,16,17). The van der Waals surface area contributed by atoms with Gasteiger partial charge in [-0.15, -0.1) is 0 Å². The highest BCUT2D eigenvalue weighted by molar-refractivity contribution is 5.40. The minimum Gasteiger partial charge on any atom is -0.368 e. The number of halogens is 1. The molecule has 0 amide bonds. The fourth-order valence-electron chi connectivity index (χ4n) is 1.51. The molecule has 4 nitrogen and oxygen atoms in total. The van der Waals surface area contributed by atoms with Crippen molar-refractivity contribution >= 4 is 11.8 Å². The lowest BCUT2D eigenvalue weighted by Crippen LogP contribution is -2.09. The summed E-state index contributed by atoms with van der Waals surface area (Å²) in [5, 5.41) is 3.16. The largest absolute Gasteiger partial charge is 0.368 e. The fourth-order valence-corrected chi connectivity index (χ4v) is 1.51. The molecule has 17 heavy (non-hydrogen) atoms. The van der Waals surface area contributed by atoms with E-state index in [4.69, 9.17) is 5.73 Å². The maximum Gasteiger partial charge on any atom is 0.221 e. The number of aromatic nitrogens is 2. The summed E-state index contributed by atoms with van der Waals surface area (Å²) in [5.41, 5.74) is 6.46. The maximum absolute atomic E-state index is 12.8. The minimum absolute atomic E-state index is 0.0184. The van der Waals surface area contributed by atoms with E-state index in [1.54, 1.807) is 24.4 Å². The van der Waals surface area contributed by atoms with Crippen LogP contribution in [0.5, 0.6) is 0 Å². The molecular formula is C12H13FN4. The lowest BCUT2D eigenvalue weighted by atomic mass is 10.1. The van der Waals surface area contributed by atoms with Gasteiger partial charge >= 0.3 is 0 Å². The molecule has 0 radical (unpaired) electrons. The molecule has 0 aliphatic carbocycles. The Kier molecular flexibility index (Phi) is 3.18. The van der Waals surface area contributed by atoms with Crippen molar-refractivity contribution in [3.05, 3.63) is 47.9 Å². The van der Waals surface area contributed by atoms with Gasteiger partial charge in [0.15, 0.2) is 0 Å². The van der Waals surface area contributed by atoms with Gasteiger partial charge in [0, 0.05) is 12.2 Å². The van der Waals surface area contributed by atoms with Crippen LogP contribution in [0.25, 0.3) is 0 Å². The highest BCUT2D eigenvalue weighted by Gasteiger charge is 2.06. The molecular weight excluding hydrogens is 219 g/mol. The van der Waals surface area contributed by atoms with Crippen molar-refractivity contribution in [1.82, 2.24) is 9.97 Å². The summed E-state index contributed by atoms with van der Waals surface area (Å²) in [4.78, 5) is 7.85. The molecule has 1 aromatic carbocycles. The molecule has 0 fully saturated rings. The molecule has 2 rings (SSSR count). The van der Waals surface area contributed by atoms with Crippen LogP contribution in [0, 0.1) is 5.82 Å². The third kappa shape index (κ3) is 2.90. The van der Waals surface area contributed by atoms with E-state index in [1.165, 1.54) is 12.1 Å². The summed E-state index contributed by atoms with van der Waals surface area (Å²) in [7, 11) is 0. The summed E-state index contributed by atoms with van der Waals surface area (Å²) in [6.07, 6.45) is 1.59. The van der Waals surface area contributed by atoms with Gasteiger partial charge in [-0.25, -0.2) is 9.37 Å². The lowest BCUT2D eigenvalue weighted by molar-refractivity contribution is 0.626. The Morgan fingerprint density at radius 3 is 2.59 bits per heavy atom. The Bertz CT molecular complexity index is 498. The van der Waals surface area contributed by atoms with E-state index < -0.39 is 0 Å². The SMILES string of the molecule is CC(Nc1ccnc(N)n1)c1ccc(F)cc1. The van der Waals surface area contributed by atoms with Crippen LogP contribution in [0.3, 0.4) is 0 Å². The molecule has 1 aromatic heterocycles. The van der Waals surface area contributed by atoms with E-state index in [9.17, 15) is 4.39 Å². The van der Waals surface area contributed by atoms with Crippen molar-refractivity contribution in [3.8, 4) is 0 Å². The van der Waals surface area contributed by atoms with E-state index in [0.717, 1.165) is 5.56 Å². The number of hydrogen-bond acceptors (Lipinski definition) is 4. The van der Waals surface area contributed by atoms with Crippen LogP contribution in [-0.2, 0) is 0 Å². The first-order valence-corrected chi connectivity index (χ1v) is 5.25. The van der Waals surface area contributed by atoms with E-state index in [1.807, 2.05) is 6.92 Å². The molecule has 88 valence electrons. The van der Waals surface area contributed by atoms with Gasteiger partial charge in [0.05, 0.1) is 0 Å². The zero-order valence-electron chi connectivity index (χ0n) is 9.39. The fraction of sp³-hybridized carbons (Fsp3) is 0.167. The zero-order chi connectivity index (χ0) is 12.3. The molecule has 0 aliphatic rings. The summed E-state index contributed by atoms with van der Waals surface area (Å²) in [6, 6.07) is 8.08. The lowest BCUT2D eigenvalue weighted by Gasteiger charge is -2.14. The number of benzene rings is 1. The molecule has 2 aromatic rings. The van der Waals surface area contributed by atoms with Crippen LogP contribution < -0.4 is 11.1 Å². The number of anilines is 2. The molecule has 1 heterocycles. The molecule has 5 heteroatoms. The highest BCUT2D eigenvalue weighted by atomic mass is 19.1. The van der Waals surface area contributed by atoms with Crippen molar-refractivity contribution < 1.29 is 4.39 Å². The molecule has 0 saturated heterocycles. The van der Waals surface area contributed by atoms with Gasteiger partial charge in [-0.1, -0.05) is 12.1 Å². The predicted octanol–water partition coefficient (Wildman–Crippen LogP) is 2.37. The number of rotatable bonds is 3. The van der Waals surface area contributed by atoms with Gasteiger partial charge in [0.25, 0.3) is 0 Å². The van der Waals surface area contributed by atoms with Crippen LogP contribution in [0.15, 0.2) is 36.5 Å². The molecule has 0 bridgehead atoms. The van der Waals surface area contributed by atoms with Gasteiger partial charge in [0.2, 0.25) is 5.95 Å². The van der Waals surface area contributed by atoms with Gasteiger partial charge in [-0.3, -0.25) is 0 Å². The Morgan fingerprint density at radius 1 is 1.24 bits per heavy atom. The average Bonchev–Trinajstić information content (AvgIpc) is 2.29. The number of nitrogens with one attached hydrogen (secondary N) is 1. The third-order valence-electron chi connectivity index (χ3n) is 2.41. The van der Waals surface area contributed by atoms with Gasteiger partial charge in [0.1, 0.15) is 11.6 Å². The normalized spacial score (nSPS) is 12.1. The van der Waals surface area contributed by atoms with Crippen molar-refractivity contribution in [2.45, 2.75) is 13.0 Å². The van der Waals surface area contributed by atoms with Crippen LogP contribution >= 0.6 is 0 Å². The Labute approximate surface area is 98.7 Å².